The van der Waals surface area contributed by atoms with E-state index in [0.29, 0.717) is 0 Å². The van der Waals surface area contributed by atoms with Crippen LogP contribution in [0.3, 0.4) is 0 Å². The van der Waals surface area contributed by atoms with Crippen molar-refractivity contribution in [2.75, 3.05) is 31.1 Å². The van der Waals surface area contributed by atoms with Crippen LogP contribution in [0.1, 0.15) is 28.4 Å². The van der Waals surface area contributed by atoms with E-state index in [1.54, 1.807) is 6.26 Å². The van der Waals surface area contributed by atoms with Gasteiger partial charge in [-0.1, -0.05) is 0 Å². The maximum atomic E-state index is 5.51. The van der Waals surface area contributed by atoms with Gasteiger partial charge in [0.25, 0.3) is 0 Å². The topological polar surface area (TPSA) is 45.4 Å². The van der Waals surface area contributed by atoms with Crippen molar-refractivity contribution in [2.24, 2.45) is 0 Å². The molecule has 0 unspecified atom stereocenters. The SMILES string of the molecule is c1cc2occc2c(N2CCN(Cc3nc4c(s3)CCCC4)CC2)n1. The number of anilines is 1. The minimum absolute atomic E-state index is 0.917. The third-order valence-corrected chi connectivity index (χ3v) is 6.42. The number of fused-ring (bicyclic) bond motifs is 2. The van der Waals surface area contributed by atoms with Crippen molar-refractivity contribution in [3.05, 3.63) is 40.2 Å². The van der Waals surface area contributed by atoms with Crippen LogP contribution in [0.5, 0.6) is 0 Å². The Morgan fingerprint density at radius 2 is 1.96 bits per heavy atom. The molecule has 1 aliphatic carbocycles. The van der Waals surface area contributed by atoms with Crippen molar-refractivity contribution in [2.45, 2.75) is 32.2 Å². The number of furan rings is 1. The first-order chi connectivity index (χ1) is 12.4. The number of pyridine rings is 1. The summed E-state index contributed by atoms with van der Waals surface area (Å²) < 4.78 is 5.51. The zero-order chi connectivity index (χ0) is 16.6. The third-order valence-electron chi connectivity index (χ3n) is 5.28. The second kappa shape index (κ2) is 6.42. The largest absolute Gasteiger partial charge is 0.464 e. The third kappa shape index (κ3) is 2.93. The van der Waals surface area contributed by atoms with Crippen LogP contribution in [0.2, 0.25) is 0 Å². The molecule has 130 valence electrons. The van der Waals surface area contributed by atoms with Gasteiger partial charge in [-0.2, -0.15) is 0 Å². The van der Waals surface area contributed by atoms with E-state index >= 15 is 0 Å². The number of nitrogens with zero attached hydrogens (tertiary/aromatic N) is 4. The van der Waals surface area contributed by atoms with Crippen LogP contribution in [0, 0.1) is 0 Å². The van der Waals surface area contributed by atoms with Gasteiger partial charge in [-0.25, -0.2) is 9.97 Å². The first kappa shape index (κ1) is 15.3. The smallest absolute Gasteiger partial charge is 0.139 e. The number of piperazine rings is 1. The highest BCUT2D eigenvalue weighted by Gasteiger charge is 2.22. The monoisotopic (exact) mass is 354 g/mol. The molecule has 0 bridgehead atoms. The first-order valence-electron chi connectivity index (χ1n) is 9.14. The Labute approximate surface area is 151 Å². The van der Waals surface area contributed by atoms with E-state index in [1.165, 1.54) is 41.3 Å². The van der Waals surface area contributed by atoms with E-state index in [9.17, 15) is 0 Å². The highest BCUT2D eigenvalue weighted by atomic mass is 32.1. The lowest BCUT2D eigenvalue weighted by Crippen LogP contribution is -2.46. The second-order valence-corrected chi connectivity index (χ2v) is 8.08. The fourth-order valence-corrected chi connectivity index (χ4v) is 5.11. The van der Waals surface area contributed by atoms with E-state index in [0.717, 1.165) is 49.5 Å². The molecule has 0 radical (unpaired) electrons. The van der Waals surface area contributed by atoms with Crippen molar-refractivity contribution in [1.29, 1.82) is 0 Å². The Balaban J connectivity index is 1.25. The molecule has 4 heterocycles. The molecule has 0 aromatic carbocycles. The highest BCUT2D eigenvalue weighted by molar-refractivity contribution is 7.11. The summed E-state index contributed by atoms with van der Waals surface area (Å²) in [6.45, 7) is 5.11. The fourth-order valence-electron chi connectivity index (χ4n) is 3.91. The number of hydrogen-bond acceptors (Lipinski definition) is 6. The Kier molecular flexibility index (Phi) is 3.94. The summed E-state index contributed by atoms with van der Waals surface area (Å²) in [5.74, 6) is 1.05. The van der Waals surface area contributed by atoms with Crippen LogP contribution in [0.25, 0.3) is 11.0 Å². The molecular weight excluding hydrogens is 332 g/mol. The maximum absolute atomic E-state index is 5.51. The average Bonchev–Trinajstić information content (AvgIpc) is 3.28. The van der Waals surface area contributed by atoms with Crippen LogP contribution in [0.15, 0.2) is 29.0 Å². The quantitative estimate of drug-likeness (QED) is 0.720. The summed E-state index contributed by atoms with van der Waals surface area (Å²) in [7, 11) is 0. The van der Waals surface area contributed by atoms with Crippen molar-refractivity contribution in [1.82, 2.24) is 14.9 Å². The predicted octanol–water partition coefficient (Wildman–Crippen LogP) is 3.49. The van der Waals surface area contributed by atoms with Crippen LogP contribution < -0.4 is 4.90 Å². The highest BCUT2D eigenvalue weighted by Crippen LogP contribution is 2.29. The minimum Gasteiger partial charge on any atom is -0.464 e. The summed E-state index contributed by atoms with van der Waals surface area (Å²) in [5.41, 5.74) is 2.29. The molecule has 25 heavy (non-hydrogen) atoms. The van der Waals surface area contributed by atoms with Crippen molar-refractivity contribution in [3.8, 4) is 0 Å². The first-order valence-corrected chi connectivity index (χ1v) is 9.95. The summed E-state index contributed by atoms with van der Waals surface area (Å²) in [6.07, 6.45) is 8.65. The van der Waals surface area contributed by atoms with Gasteiger partial charge in [0.2, 0.25) is 0 Å². The van der Waals surface area contributed by atoms with Crippen LogP contribution in [-0.4, -0.2) is 41.0 Å². The lowest BCUT2D eigenvalue weighted by Gasteiger charge is -2.35. The molecule has 3 aromatic rings. The van der Waals surface area contributed by atoms with E-state index in [2.05, 4.69) is 14.8 Å². The lowest BCUT2D eigenvalue weighted by molar-refractivity contribution is 0.249. The van der Waals surface area contributed by atoms with Gasteiger partial charge in [0.05, 0.1) is 23.9 Å². The maximum Gasteiger partial charge on any atom is 0.139 e. The number of thiazole rings is 1. The van der Waals surface area contributed by atoms with Gasteiger partial charge in [0.1, 0.15) is 16.4 Å². The van der Waals surface area contributed by atoms with Gasteiger partial charge in [0.15, 0.2) is 0 Å². The molecule has 1 aliphatic heterocycles. The van der Waals surface area contributed by atoms with Crippen molar-refractivity contribution in [3.63, 3.8) is 0 Å². The summed E-state index contributed by atoms with van der Waals surface area (Å²) in [5, 5.41) is 2.42. The molecular formula is C19H22N4OS. The molecule has 0 saturated carbocycles. The van der Waals surface area contributed by atoms with Gasteiger partial charge in [-0.15, -0.1) is 11.3 Å². The summed E-state index contributed by atoms with van der Waals surface area (Å²) in [6, 6.07) is 3.95. The zero-order valence-electron chi connectivity index (χ0n) is 14.3. The molecule has 0 N–H and O–H groups in total. The molecule has 0 atom stereocenters. The van der Waals surface area contributed by atoms with Gasteiger partial charge in [0, 0.05) is 37.3 Å². The molecule has 0 spiro atoms. The zero-order valence-corrected chi connectivity index (χ0v) is 15.1. The van der Waals surface area contributed by atoms with Crippen LogP contribution in [-0.2, 0) is 19.4 Å². The number of hydrogen-bond donors (Lipinski definition) is 0. The minimum atomic E-state index is 0.917. The van der Waals surface area contributed by atoms with Gasteiger partial charge >= 0.3 is 0 Å². The van der Waals surface area contributed by atoms with E-state index in [4.69, 9.17) is 9.40 Å². The fraction of sp³-hybridized carbons (Fsp3) is 0.474. The predicted molar refractivity (Wildman–Crippen MR) is 100 cm³/mol. The average molecular weight is 354 g/mol. The van der Waals surface area contributed by atoms with Gasteiger partial charge in [-0.05, 0) is 37.8 Å². The second-order valence-electron chi connectivity index (χ2n) is 6.91. The van der Waals surface area contributed by atoms with Gasteiger partial charge in [-0.3, -0.25) is 4.90 Å². The summed E-state index contributed by atoms with van der Waals surface area (Å²) >= 11 is 1.94. The Bertz CT molecular complexity index is 855. The van der Waals surface area contributed by atoms with Crippen LogP contribution in [0.4, 0.5) is 5.82 Å². The Morgan fingerprint density at radius 1 is 1.08 bits per heavy atom. The standard InChI is InChI=1S/C19H22N4OS/c1-2-4-17-15(3-1)21-18(25-17)13-22-8-10-23(11-9-22)19-14-6-12-24-16(14)5-7-20-19/h5-7,12H,1-4,8-11,13H2. The number of aromatic nitrogens is 2. The lowest BCUT2D eigenvalue weighted by atomic mass is 10.0. The van der Waals surface area contributed by atoms with E-state index in [1.807, 2.05) is 29.7 Å². The Hall–Kier alpha value is -1.92. The van der Waals surface area contributed by atoms with E-state index in [-0.39, 0.29) is 0 Å². The van der Waals surface area contributed by atoms with Crippen molar-refractivity contribution >= 4 is 28.1 Å². The summed E-state index contributed by atoms with van der Waals surface area (Å²) in [4.78, 5) is 15.9. The molecule has 6 heteroatoms. The van der Waals surface area contributed by atoms with Gasteiger partial charge < -0.3 is 9.32 Å². The normalized spacial score (nSPS) is 18.6. The molecule has 0 amide bonds. The molecule has 3 aromatic heterocycles. The number of rotatable bonds is 3. The molecule has 1 saturated heterocycles. The van der Waals surface area contributed by atoms with E-state index < -0.39 is 0 Å². The van der Waals surface area contributed by atoms with Crippen molar-refractivity contribution < 1.29 is 4.42 Å². The Morgan fingerprint density at radius 3 is 2.84 bits per heavy atom. The van der Waals surface area contributed by atoms with Crippen LogP contribution >= 0.6 is 11.3 Å². The molecule has 2 aliphatic rings. The number of aryl methyl sites for hydroxylation is 2. The molecule has 5 nitrogen and oxygen atoms in total. The molecule has 5 rings (SSSR count). The molecule has 1 fully saturated rings.